The van der Waals surface area contributed by atoms with Crippen molar-refractivity contribution >= 4 is 11.9 Å². The van der Waals surface area contributed by atoms with Crippen LogP contribution in [0.1, 0.15) is 63.9 Å². The smallest absolute Gasteiger partial charge is 0.335 e. The van der Waals surface area contributed by atoms with Gasteiger partial charge in [0.2, 0.25) is 0 Å². The lowest BCUT2D eigenvalue weighted by Crippen LogP contribution is -2.59. The van der Waals surface area contributed by atoms with Crippen molar-refractivity contribution in [2.45, 2.75) is 50.0 Å². The number of piperidine rings is 1. The van der Waals surface area contributed by atoms with Gasteiger partial charge in [-0.3, -0.25) is 0 Å². The molecule has 3 atom stereocenters. The molecule has 6 nitrogen and oxygen atoms in total. The number of likely N-dealkylation sites (tertiary alicyclic amines) is 1. The Morgan fingerprint density at radius 3 is 2.41 bits per heavy atom. The van der Waals surface area contributed by atoms with Crippen LogP contribution in [0.2, 0.25) is 0 Å². The zero-order chi connectivity index (χ0) is 22.9. The monoisotopic (exact) mass is 437 g/mol. The number of methoxy groups -OCH3 is 1. The first-order valence-corrected chi connectivity index (χ1v) is 11.3. The van der Waals surface area contributed by atoms with Crippen LogP contribution in [-0.4, -0.2) is 53.8 Å². The highest BCUT2D eigenvalue weighted by molar-refractivity contribution is 5.93. The van der Waals surface area contributed by atoms with Crippen molar-refractivity contribution < 1.29 is 24.5 Å². The first-order chi connectivity index (χ1) is 15.4. The van der Waals surface area contributed by atoms with E-state index in [1.54, 1.807) is 18.2 Å². The summed E-state index contributed by atoms with van der Waals surface area (Å²) in [7, 11) is 4.12. The molecule has 2 aromatic rings. The fourth-order valence-electron chi connectivity index (χ4n) is 6.09. The van der Waals surface area contributed by atoms with Crippen molar-refractivity contribution in [1.29, 1.82) is 0 Å². The highest BCUT2D eigenvalue weighted by Crippen LogP contribution is 2.55. The zero-order valence-corrected chi connectivity index (χ0v) is 18.7. The van der Waals surface area contributed by atoms with E-state index in [1.807, 2.05) is 0 Å². The van der Waals surface area contributed by atoms with E-state index in [9.17, 15) is 9.59 Å². The van der Waals surface area contributed by atoms with E-state index in [1.165, 1.54) is 63.3 Å². The molecule has 2 fully saturated rings. The van der Waals surface area contributed by atoms with Crippen LogP contribution < -0.4 is 4.74 Å². The number of ether oxygens (including phenoxy) is 1. The SMILES string of the molecule is COc1ccc2c(c1)[C@]13CCCC[C@@H]1[C@H](C2)N(C)CC3.O=C(O)c1cccc(C(=O)O)c1. The Balaban J connectivity index is 0.000000176. The summed E-state index contributed by atoms with van der Waals surface area (Å²) in [6.45, 7) is 1.26. The maximum absolute atomic E-state index is 10.4. The number of likely N-dealkylation sites (N-methyl/N-ethyl adjacent to an activating group) is 1. The van der Waals surface area contributed by atoms with Crippen molar-refractivity contribution in [3.05, 3.63) is 64.7 Å². The molecule has 0 unspecified atom stereocenters. The number of benzene rings is 2. The highest BCUT2D eigenvalue weighted by Gasteiger charge is 2.53. The fraction of sp³-hybridized carbons (Fsp3) is 0.462. The molecule has 2 bridgehead atoms. The number of aromatic carboxylic acids is 2. The van der Waals surface area contributed by atoms with Gasteiger partial charge in [0.15, 0.2) is 0 Å². The largest absolute Gasteiger partial charge is 0.497 e. The highest BCUT2D eigenvalue weighted by atomic mass is 16.5. The van der Waals surface area contributed by atoms with E-state index in [2.05, 4.69) is 30.1 Å². The van der Waals surface area contributed by atoms with Crippen molar-refractivity contribution in [2.24, 2.45) is 5.92 Å². The number of fused-ring (bicyclic) bond motifs is 1. The molecular weight excluding hydrogens is 406 g/mol. The second-order valence-electron chi connectivity index (χ2n) is 9.22. The third-order valence-electron chi connectivity index (χ3n) is 7.68. The molecule has 2 aliphatic carbocycles. The summed E-state index contributed by atoms with van der Waals surface area (Å²) in [6.07, 6.45) is 8.22. The van der Waals surface area contributed by atoms with Crippen LogP contribution in [0.5, 0.6) is 5.75 Å². The van der Waals surface area contributed by atoms with Gasteiger partial charge in [-0.15, -0.1) is 0 Å². The normalized spacial score (nSPS) is 26.1. The molecule has 0 amide bonds. The van der Waals surface area contributed by atoms with Crippen molar-refractivity contribution in [1.82, 2.24) is 4.90 Å². The molecule has 0 radical (unpaired) electrons. The Labute approximate surface area is 188 Å². The summed E-state index contributed by atoms with van der Waals surface area (Å²) >= 11 is 0. The van der Waals surface area contributed by atoms with Crippen molar-refractivity contribution in [3.63, 3.8) is 0 Å². The standard InChI is InChI=1S/C18H25NO.C8H6O4/c1-19-10-9-18-8-4-3-5-15(18)17(19)11-13-6-7-14(20-2)12-16(13)18;9-7(10)5-2-1-3-6(4-5)8(11)12/h6-7,12,15,17H,3-5,8-11H2,1-2H3;1-4H,(H,9,10)(H,11,12)/t15-,17+,18+;/m1./s1. The topological polar surface area (TPSA) is 87.1 Å². The molecule has 1 heterocycles. The number of carbonyl (C=O) groups is 2. The van der Waals surface area contributed by atoms with Gasteiger partial charge >= 0.3 is 11.9 Å². The van der Waals surface area contributed by atoms with E-state index in [0.717, 1.165) is 23.8 Å². The van der Waals surface area contributed by atoms with E-state index in [-0.39, 0.29) is 11.1 Å². The quantitative estimate of drug-likeness (QED) is 0.737. The van der Waals surface area contributed by atoms with Crippen LogP contribution in [0.3, 0.4) is 0 Å². The molecule has 5 rings (SSSR count). The molecule has 2 aromatic carbocycles. The van der Waals surface area contributed by atoms with Gasteiger partial charge in [0, 0.05) is 11.5 Å². The zero-order valence-electron chi connectivity index (χ0n) is 18.7. The van der Waals surface area contributed by atoms with Crippen molar-refractivity contribution in [3.8, 4) is 5.75 Å². The minimum absolute atomic E-state index is 0.0186. The summed E-state index contributed by atoms with van der Waals surface area (Å²) in [4.78, 5) is 23.4. The summed E-state index contributed by atoms with van der Waals surface area (Å²) in [5, 5.41) is 17.0. The molecule has 3 aliphatic rings. The molecule has 1 saturated carbocycles. The van der Waals surface area contributed by atoms with Gasteiger partial charge in [0.25, 0.3) is 0 Å². The number of carboxylic acid groups (broad SMARTS) is 2. The van der Waals surface area contributed by atoms with Gasteiger partial charge in [0.05, 0.1) is 18.2 Å². The van der Waals surface area contributed by atoms with Gasteiger partial charge in [-0.05, 0) is 86.7 Å². The van der Waals surface area contributed by atoms with Crippen LogP contribution >= 0.6 is 0 Å². The third-order valence-corrected chi connectivity index (χ3v) is 7.68. The van der Waals surface area contributed by atoms with Crippen LogP contribution in [-0.2, 0) is 11.8 Å². The Bertz CT molecular complexity index is 990. The number of hydrogen-bond donors (Lipinski definition) is 2. The van der Waals surface area contributed by atoms with Gasteiger partial charge < -0.3 is 19.8 Å². The Hall–Kier alpha value is -2.86. The predicted molar refractivity (Wildman–Crippen MR) is 122 cm³/mol. The van der Waals surface area contributed by atoms with E-state index in [4.69, 9.17) is 14.9 Å². The molecule has 0 spiro atoms. The lowest BCUT2D eigenvalue weighted by atomic mass is 9.52. The maximum Gasteiger partial charge on any atom is 0.335 e. The predicted octanol–water partition coefficient (Wildman–Crippen LogP) is 4.47. The minimum atomic E-state index is -1.13. The molecular formula is C26H31NO5. The number of hydrogen-bond acceptors (Lipinski definition) is 4. The average Bonchev–Trinajstić information content (AvgIpc) is 2.81. The molecule has 32 heavy (non-hydrogen) atoms. The van der Waals surface area contributed by atoms with E-state index >= 15 is 0 Å². The third kappa shape index (κ3) is 3.99. The van der Waals surface area contributed by atoms with Gasteiger partial charge in [-0.25, -0.2) is 9.59 Å². The first-order valence-electron chi connectivity index (χ1n) is 11.3. The van der Waals surface area contributed by atoms with Crippen molar-refractivity contribution in [2.75, 3.05) is 20.7 Å². The van der Waals surface area contributed by atoms with Crippen LogP contribution in [0, 0.1) is 5.92 Å². The Morgan fingerprint density at radius 1 is 1.03 bits per heavy atom. The van der Waals surface area contributed by atoms with Crippen LogP contribution in [0.15, 0.2) is 42.5 Å². The second kappa shape index (κ2) is 8.94. The fourth-order valence-corrected chi connectivity index (χ4v) is 6.09. The van der Waals surface area contributed by atoms with Gasteiger partial charge in [-0.1, -0.05) is 25.0 Å². The molecule has 0 aromatic heterocycles. The molecule has 1 aliphatic heterocycles. The molecule has 1 saturated heterocycles. The molecule has 170 valence electrons. The first kappa shape index (κ1) is 22.3. The summed E-state index contributed by atoms with van der Waals surface area (Å²) in [5.41, 5.74) is 3.63. The second-order valence-corrected chi connectivity index (χ2v) is 9.22. The summed E-state index contributed by atoms with van der Waals surface area (Å²) in [5.74, 6) is -0.342. The van der Waals surface area contributed by atoms with E-state index in [0.29, 0.717) is 5.41 Å². The lowest BCUT2D eigenvalue weighted by molar-refractivity contribution is 0.00274. The molecule has 6 heteroatoms. The average molecular weight is 438 g/mol. The minimum Gasteiger partial charge on any atom is -0.497 e. The number of carboxylic acids is 2. The van der Waals surface area contributed by atoms with Gasteiger partial charge in [0.1, 0.15) is 5.75 Å². The Kier molecular flexibility index (Phi) is 6.24. The number of rotatable bonds is 3. The summed E-state index contributed by atoms with van der Waals surface area (Å²) < 4.78 is 5.51. The molecule has 2 N–H and O–H groups in total. The van der Waals surface area contributed by atoms with Crippen LogP contribution in [0.4, 0.5) is 0 Å². The van der Waals surface area contributed by atoms with E-state index < -0.39 is 11.9 Å². The Morgan fingerprint density at radius 2 is 1.75 bits per heavy atom. The van der Waals surface area contributed by atoms with Gasteiger partial charge in [-0.2, -0.15) is 0 Å². The lowest BCUT2D eigenvalue weighted by Gasteiger charge is -2.58. The number of nitrogens with zero attached hydrogens (tertiary/aromatic N) is 1. The van der Waals surface area contributed by atoms with Crippen LogP contribution in [0.25, 0.3) is 0 Å². The maximum atomic E-state index is 10.4. The summed E-state index contributed by atoms with van der Waals surface area (Å²) in [6, 6.07) is 12.8.